The maximum Gasteiger partial charge on any atom is 0.228 e. The molecule has 0 aromatic heterocycles. The van der Waals surface area contributed by atoms with Crippen molar-refractivity contribution in [2.45, 2.75) is 39.7 Å². The van der Waals surface area contributed by atoms with Gasteiger partial charge in [-0.2, -0.15) is 0 Å². The molecule has 2 aromatic rings. The summed E-state index contributed by atoms with van der Waals surface area (Å²) in [5.41, 5.74) is 4.40. The lowest BCUT2D eigenvalue weighted by Crippen LogP contribution is -2.40. The number of piperidine rings is 1. The van der Waals surface area contributed by atoms with Gasteiger partial charge in [-0.3, -0.25) is 9.69 Å². The number of amides is 1. The summed E-state index contributed by atoms with van der Waals surface area (Å²) in [4.78, 5) is 15.2. The second-order valence-electron chi connectivity index (χ2n) is 7.27. The molecule has 0 bridgehead atoms. The summed E-state index contributed by atoms with van der Waals surface area (Å²) in [5.74, 6) is 0.128. The molecule has 0 aliphatic carbocycles. The number of nitrogens with one attached hydrogen (secondary N) is 1. The Morgan fingerprint density at radius 1 is 1.22 bits per heavy atom. The van der Waals surface area contributed by atoms with Crippen LogP contribution in [0.1, 0.15) is 36.5 Å². The van der Waals surface area contributed by atoms with Crippen LogP contribution in [-0.2, 0) is 17.8 Å². The van der Waals surface area contributed by atoms with E-state index in [2.05, 4.69) is 23.2 Å². The zero-order chi connectivity index (χ0) is 19.4. The number of likely N-dealkylation sites (tertiary alicyclic amines) is 1. The highest BCUT2D eigenvalue weighted by Gasteiger charge is 2.26. The van der Waals surface area contributed by atoms with E-state index >= 15 is 0 Å². The summed E-state index contributed by atoms with van der Waals surface area (Å²) < 4.78 is 0. The molecule has 1 heterocycles. The molecular formula is C22H26Cl2N2O. The number of carbonyl (C=O) groups is 1. The number of benzene rings is 2. The largest absolute Gasteiger partial charge is 0.325 e. The summed E-state index contributed by atoms with van der Waals surface area (Å²) in [6.07, 6.45) is 2.86. The van der Waals surface area contributed by atoms with Gasteiger partial charge < -0.3 is 5.32 Å². The van der Waals surface area contributed by atoms with Gasteiger partial charge in [-0.1, -0.05) is 54.4 Å². The first-order valence-corrected chi connectivity index (χ1v) is 10.3. The van der Waals surface area contributed by atoms with Crippen molar-refractivity contribution in [3.63, 3.8) is 0 Å². The van der Waals surface area contributed by atoms with Gasteiger partial charge in [-0.05, 0) is 61.6 Å². The number of hydrogen-bond acceptors (Lipinski definition) is 2. The molecule has 1 saturated heterocycles. The van der Waals surface area contributed by atoms with Gasteiger partial charge in [0, 0.05) is 18.8 Å². The van der Waals surface area contributed by atoms with Gasteiger partial charge in [0.25, 0.3) is 0 Å². The maximum atomic E-state index is 12.9. The molecule has 1 amide bonds. The molecule has 1 N–H and O–H groups in total. The fourth-order valence-corrected chi connectivity index (χ4v) is 4.06. The smallest absolute Gasteiger partial charge is 0.228 e. The average molecular weight is 405 g/mol. The van der Waals surface area contributed by atoms with Crippen molar-refractivity contribution in [3.8, 4) is 0 Å². The molecule has 0 spiro atoms. The van der Waals surface area contributed by atoms with E-state index in [0.29, 0.717) is 10.0 Å². The van der Waals surface area contributed by atoms with Gasteiger partial charge in [-0.25, -0.2) is 0 Å². The lowest BCUT2D eigenvalue weighted by atomic mass is 9.96. The van der Waals surface area contributed by atoms with Crippen LogP contribution in [0.15, 0.2) is 36.4 Å². The van der Waals surface area contributed by atoms with Crippen molar-refractivity contribution in [2.75, 3.05) is 18.4 Å². The maximum absolute atomic E-state index is 12.9. The van der Waals surface area contributed by atoms with Gasteiger partial charge in [0.1, 0.15) is 0 Å². The van der Waals surface area contributed by atoms with E-state index in [1.54, 1.807) is 0 Å². The Morgan fingerprint density at radius 3 is 2.78 bits per heavy atom. The number of nitrogens with zero attached hydrogens (tertiary/aromatic N) is 1. The van der Waals surface area contributed by atoms with E-state index in [1.165, 1.54) is 5.56 Å². The van der Waals surface area contributed by atoms with E-state index in [-0.39, 0.29) is 11.8 Å². The van der Waals surface area contributed by atoms with Crippen molar-refractivity contribution in [1.29, 1.82) is 0 Å². The molecule has 5 heteroatoms. The summed E-state index contributed by atoms with van der Waals surface area (Å²) in [7, 11) is 0. The second-order valence-corrected chi connectivity index (χ2v) is 8.09. The number of para-hydroxylation sites is 1. The van der Waals surface area contributed by atoms with Gasteiger partial charge in [0.2, 0.25) is 5.91 Å². The Kier molecular flexibility index (Phi) is 6.80. The zero-order valence-corrected chi connectivity index (χ0v) is 17.4. The highest BCUT2D eigenvalue weighted by Crippen LogP contribution is 2.26. The highest BCUT2D eigenvalue weighted by atomic mass is 35.5. The molecule has 144 valence electrons. The minimum absolute atomic E-state index is 0.00540. The van der Waals surface area contributed by atoms with Gasteiger partial charge in [0.05, 0.1) is 16.0 Å². The monoisotopic (exact) mass is 404 g/mol. The van der Waals surface area contributed by atoms with Crippen LogP contribution in [0.2, 0.25) is 10.0 Å². The van der Waals surface area contributed by atoms with E-state index in [0.717, 1.165) is 55.7 Å². The molecule has 2 aromatic carbocycles. The fourth-order valence-electron chi connectivity index (χ4n) is 3.74. The third-order valence-corrected chi connectivity index (χ3v) is 5.99. The van der Waals surface area contributed by atoms with E-state index < -0.39 is 0 Å². The Hall–Kier alpha value is -1.55. The lowest BCUT2D eigenvalue weighted by molar-refractivity contribution is -0.121. The van der Waals surface area contributed by atoms with E-state index in [1.807, 2.05) is 37.3 Å². The molecule has 1 fully saturated rings. The molecule has 3 nitrogen and oxygen atoms in total. The summed E-state index contributed by atoms with van der Waals surface area (Å²) in [6, 6.07) is 11.9. The molecule has 27 heavy (non-hydrogen) atoms. The van der Waals surface area contributed by atoms with Crippen LogP contribution in [-0.4, -0.2) is 23.9 Å². The third-order valence-electron chi connectivity index (χ3n) is 5.25. The minimum Gasteiger partial charge on any atom is -0.325 e. The fraction of sp³-hybridized carbons (Fsp3) is 0.409. The molecule has 1 aliphatic rings. The van der Waals surface area contributed by atoms with Crippen molar-refractivity contribution in [3.05, 3.63) is 63.1 Å². The zero-order valence-electron chi connectivity index (χ0n) is 15.9. The number of hydrogen-bond donors (Lipinski definition) is 1. The van der Waals surface area contributed by atoms with Crippen LogP contribution in [0, 0.1) is 12.8 Å². The van der Waals surface area contributed by atoms with E-state index in [9.17, 15) is 4.79 Å². The summed E-state index contributed by atoms with van der Waals surface area (Å²) >= 11 is 12.1. The van der Waals surface area contributed by atoms with Crippen molar-refractivity contribution in [1.82, 2.24) is 4.90 Å². The molecule has 0 saturated carbocycles. The minimum atomic E-state index is 0.00540. The number of anilines is 1. The Morgan fingerprint density at radius 2 is 2.04 bits per heavy atom. The normalized spacial score (nSPS) is 17.7. The quantitative estimate of drug-likeness (QED) is 0.691. The van der Waals surface area contributed by atoms with Crippen molar-refractivity contribution >= 4 is 34.8 Å². The number of carbonyl (C=O) groups excluding carboxylic acids is 1. The molecule has 3 rings (SSSR count). The van der Waals surface area contributed by atoms with Crippen LogP contribution >= 0.6 is 23.2 Å². The number of halogens is 2. The topological polar surface area (TPSA) is 32.3 Å². The van der Waals surface area contributed by atoms with Crippen LogP contribution in [0.25, 0.3) is 0 Å². The molecule has 0 radical (unpaired) electrons. The molecule has 1 unspecified atom stereocenters. The SMILES string of the molecule is CCc1cccc(C)c1NC(=O)C1CCCN(Cc2ccc(Cl)c(Cl)c2)C1. The Balaban J connectivity index is 1.65. The second kappa shape index (κ2) is 9.09. The van der Waals surface area contributed by atoms with Crippen molar-refractivity contribution in [2.24, 2.45) is 5.92 Å². The Bertz CT molecular complexity index is 822. The van der Waals surface area contributed by atoms with E-state index in [4.69, 9.17) is 23.2 Å². The predicted molar refractivity (Wildman–Crippen MR) is 114 cm³/mol. The average Bonchev–Trinajstić information content (AvgIpc) is 2.66. The third kappa shape index (κ3) is 5.04. The first kappa shape index (κ1) is 20.2. The van der Waals surface area contributed by atoms with Crippen LogP contribution in [0.4, 0.5) is 5.69 Å². The lowest BCUT2D eigenvalue weighted by Gasteiger charge is -2.32. The molecule has 1 aliphatic heterocycles. The highest BCUT2D eigenvalue weighted by molar-refractivity contribution is 6.42. The van der Waals surface area contributed by atoms with Crippen LogP contribution in [0.3, 0.4) is 0 Å². The van der Waals surface area contributed by atoms with Gasteiger partial charge >= 0.3 is 0 Å². The Labute approximate surface area is 171 Å². The van der Waals surface area contributed by atoms with Crippen LogP contribution < -0.4 is 5.32 Å². The first-order valence-electron chi connectivity index (χ1n) is 9.53. The van der Waals surface area contributed by atoms with Crippen LogP contribution in [0.5, 0.6) is 0 Å². The van der Waals surface area contributed by atoms with Gasteiger partial charge in [-0.15, -0.1) is 0 Å². The van der Waals surface area contributed by atoms with Gasteiger partial charge in [0.15, 0.2) is 0 Å². The first-order chi connectivity index (χ1) is 13.0. The summed E-state index contributed by atoms with van der Waals surface area (Å²) in [6.45, 7) is 6.70. The molecule has 1 atom stereocenters. The molecular weight excluding hydrogens is 379 g/mol. The predicted octanol–water partition coefficient (Wildman–Crippen LogP) is 5.71. The number of aryl methyl sites for hydroxylation is 2. The standard InChI is InChI=1S/C22H26Cl2N2O/c1-3-17-7-4-6-15(2)21(17)25-22(27)18-8-5-11-26(14-18)13-16-9-10-19(23)20(24)12-16/h4,6-7,9-10,12,18H,3,5,8,11,13-14H2,1-2H3,(H,25,27). The summed E-state index contributed by atoms with van der Waals surface area (Å²) in [5, 5.41) is 4.34. The number of rotatable bonds is 5. The van der Waals surface area contributed by atoms with Crippen molar-refractivity contribution < 1.29 is 4.79 Å².